The van der Waals surface area contributed by atoms with Gasteiger partial charge in [-0.3, -0.25) is 9.52 Å². The summed E-state index contributed by atoms with van der Waals surface area (Å²) in [6.07, 6.45) is 0. The highest BCUT2D eigenvalue weighted by Gasteiger charge is 2.18. The van der Waals surface area contributed by atoms with Gasteiger partial charge in [-0.05, 0) is 67.9 Å². The first-order valence-corrected chi connectivity index (χ1v) is 10.8. The molecular weight excluding hydrogens is 440 g/mol. The minimum absolute atomic E-state index is 0.169. The lowest BCUT2D eigenvalue weighted by Gasteiger charge is -2.14. The van der Waals surface area contributed by atoms with Gasteiger partial charge in [-0.25, -0.2) is 8.42 Å². The number of carbonyl (C=O) groups excluding carboxylic acids is 1. The third-order valence-corrected chi connectivity index (χ3v) is 6.17. The molecule has 3 rings (SSSR count). The van der Waals surface area contributed by atoms with Crippen LogP contribution in [0, 0.1) is 13.8 Å². The maximum Gasteiger partial charge on any atom is 0.261 e. The number of nitrogens with one attached hydrogen (secondary N) is 2. The maximum atomic E-state index is 12.7. The monoisotopic (exact) mass is 458 g/mol. The topological polar surface area (TPSA) is 75.3 Å². The molecule has 0 aromatic heterocycles. The molecule has 0 spiro atoms. The van der Waals surface area contributed by atoms with Crippen LogP contribution >= 0.6 is 15.9 Å². The van der Waals surface area contributed by atoms with E-state index in [0.717, 1.165) is 10.0 Å². The van der Waals surface area contributed by atoms with E-state index in [1.165, 1.54) is 0 Å². The number of aryl methyl sites for hydroxylation is 1. The van der Waals surface area contributed by atoms with Gasteiger partial charge in [-0.15, -0.1) is 0 Å². The maximum absolute atomic E-state index is 12.7. The van der Waals surface area contributed by atoms with Gasteiger partial charge < -0.3 is 5.32 Å². The van der Waals surface area contributed by atoms with E-state index in [2.05, 4.69) is 26.0 Å². The van der Waals surface area contributed by atoms with Crippen molar-refractivity contribution in [3.05, 3.63) is 87.9 Å². The summed E-state index contributed by atoms with van der Waals surface area (Å²) in [6.45, 7) is 3.60. The van der Waals surface area contributed by atoms with E-state index in [1.807, 2.05) is 19.1 Å². The highest BCUT2D eigenvalue weighted by Crippen LogP contribution is 2.24. The van der Waals surface area contributed by atoms with Crippen molar-refractivity contribution in [1.82, 2.24) is 0 Å². The van der Waals surface area contributed by atoms with Crippen molar-refractivity contribution in [1.29, 1.82) is 0 Å². The molecule has 0 bridgehead atoms. The van der Waals surface area contributed by atoms with Crippen molar-refractivity contribution in [2.45, 2.75) is 18.7 Å². The molecule has 28 heavy (non-hydrogen) atoms. The lowest BCUT2D eigenvalue weighted by atomic mass is 10.1. The Labute approximate surface area is 173 Å². The van der Waals surface area contributed by atoms with Crippen LogP contribution in [0.3, 0.4) is 0 Å². The molecule has 0 fully saturated rings. The number of anilines is 2. The number of benzene rings is 3. The molecule has 1 amide bonds. The summed E-state index contributed by atoms with van der Waals surface area (Å²) in [5.74, 6) is -0.309. The molecular formula is C21H19BrN2O3S. The first kappa shape index (κ1) is 20.1. The Morgan fingerprint density at radius 2 is 1.54 bits per heavy atom. The summed E-state index contributed by atoms with van der Waals surface area (Å²) in [4.78, 5) is 12.8. The molecule has 0 radical (unpaired) electrons. The fourth-order valence-corrected chi connectivity index (χ4v) is 4.03. The molecule has 3 aromatic carbocycles. The summed E-state index contributed by atoms with van der Waals surface area (Å²) in [5, 5.41) is 2.82. The van der Waals surface area contributed by atoms with E-state index in [9.17, 15) is 13.2 Å². The highest BCUT2D eigenvalue weighted by molar-refractivity contribution is 9.10. The van der Waals surface area contributed by atoms with E-state index in [1.54, 1.807) is 61.5 Å². The van der Waals surface area contributed by atoms with Gasteiger partial charge in [0.05, 0.1) is 10.6 Å². The van der Waals surface area contributed by atoms with Gasteiger partial charge in [0.15, 0.2) is 0 Å². The van der Waals surface area contributed by atoms with E-state index in [0.29, 0.717) is 22.5 Å². The zero-order valence-electron chi connectivity index (χ0n) is 15.4. The molecule has 0 saturated heterocycles. The zero-order valence-corrected chi connectivity index (χ0v) is 17.8. The van der Waals surface area contributed by atoms with E-state index in [-0.39, 0.29) is 10.8 Å². The van der Waals surface area contributed by atoms with Gasteiger partial charge in [-0.2, -0.15) is 0 Å². The number of rotatable bonds is 5. The molecule has 2 N–H and O–H groups in total. The summed E-state index contributed by atoms with van der Waals surface area (Å²) in [5.41, 5.74) is 2.93. The first-order chi connectivity index (χ1) is 13.3. The van der Waals surface area contributed by atoms with Crippen LogP contribution in [0.5, 0.6) is 0 Å². The number of amides is 1. The van der Waals surface area contributed by atoms with Crippen LogP contribution in [-0.4, -0.2) is 14.3 Å². The zero-order chi connectivity index (χ0) is 20.3. The third-order valence-electron chi connectivity index (χ3n) is 4.26. The second-order valence-electron chi connectivity index (χ2n) is 6.36. The summed E-state index contributed by atoms with van der Waals surface area (Å²) >= 11 is 3.35. The van der Waals surface area contributed by atoms with Crippen LogP contribution in [0.1, 0.15) is 21.5 Å². The van der Waals surface area contributed by atoms with Crippen LogP contribution in [-0.2, 0) is 10.0 Å². The smallest absolute Gasteiger partial charge is 0.261 e. The number of halogens is 1. The quantitative estimate of drug-likeness (QED) is 0.556. The molecule has 0 saturated carbocycles. The number of hydrogen-bond donors (Lipinski definition) is 2. The molecule has 144 valence electrons. The van der Waals surface area contributed by atoms with Crippen LogP contribution in [0.4, 0.5) is 11.4 Å². The van der Waals surface area contributed by atoms with Gasteiger partial charge in [0.25, 0.3) is 15.9 Å². The lowest BCUT2D eigenvalue weighted by Crippen LogP contribution is -2.17. The fraction of sp³-hybridized carbons (Fsp3) is 0.0952. The molecule has 7 heteroatoms. The molecule has 0 unspecified atom stereocenters. The second kappa shape index (κ2) is 8.16. The van der Waals surface area contributed by atoms with Crippen LogP contribution in [0.25, 0.3) is 0 Å². The molecule has 0 heterocycles. The summed E-state index contributed by atoms with van der Waals surface area (Å²) < 4.78 is 28.8. The number of hydrogen-bond acceptors (Lipinski definition) is 3. The van der Waals surface area contributed by atoms with Gasteiger partial charge in [-0.1, -0.05) is 39.7 Å². The SMILES string of the molecule is Cc1ccc(S(=O)(=O)Nc2cccc(C(=O)Nc3ccc(Br)cc3)c2C)cc1. The Balaban J connectivity index is 1.85. The van der Waals surface area contributed by atoms with Crippen molar-refractivity contribution in [3.63, 3.8) is 0 Å². The molecule has 0 aliphatic carbocycles. The summed E-state index contributed by atoms with van der Waals surface area (Å²) in [6, 6.07) is 18.7. The predicted molar refractivity (Wildman–Crippen MR) is 115 cm³/mol. The van der Waals surface area contributed by atoms with Gasteiger partial charge in [0.2, 0.25) is 0 Å². The van der Waals surface area contributed by atoms with E-state index in [4.69, 9.17) is 0 Å². The van der Waals surface area contributed by atoms with Crippen LogP contribution in [0.15, 0.2) is 76.1 Å². The minimum atomic E-state index is -3.75. The molecule has 0 aliphatic rings. The Bertz CT molecular complexity index is 1110. The van der Waals surface area contributed by atoms with Crippen molar-refractivity contribution in [2.24, 2.45) is 0 Å². The van der Waals surface area contributed by atoms with Gasteiger partial charge in [0.1, 0.15) is 0 Å². The Morgan fingerprint density at radius 1 is 0.893 bits per heavy atom. The van der Waals surface area contributed by atoms with E-state index >= 15 is 0 Å². The standard InChI is InChI=1S/C21H19BrN2O3S/c1-14-6-12-18(13-7-14)28(26,27)24-20-5-3-4-19(15(20)2)21(25)23-17-10-8-16(22)9-11-17/h3-13,24H,1-2H3,(H,23,25). The van der Waals surface area contributed by atoms with Crippen molar-refractivity contribution >= 4 is 43.2 Å². The molecule has 0 aliphatic heterocycles. The van der Waals surface area contributed by atoms with Crippen molar-refractivity contribution in [3.8, 4) is 0 Å². The number of sulfonamides is 1. The van der Waals surface area contributed by atoms with Gasteiger partial charge in [0, 0.05) is 15.7 Å². The largest absolute Gasteiger partial charge is 0.322 e. The van der Waals surface area contributed by atoms with Crippen LogP contribution in [0.2, 0.25) is 0 Å². The molecule has 0 atom stereocenters. The Hall–Kier alpha value is -2.64. The average Bonchev–Trinajstić information content (AvgIpc) is 2.65. The third kappa shape index (κ3) is 4.61. The van der Waals surface area contributed by atoms with Crippen molar-refractivity contribution in [2.75, 3.05) is 10.0 Å². The minimum Gasteiger partial charge on any atom is -0.322 e. The number of carbonyl (C=O) groups is 1. The fourth-order valence-electron chi connectivity index (χ4n) is 2.64. The predicted octanol–water partition coefficient (Wildman–Crippen LogP) is 5.12. The average molecular weight is 459 g/mol. The normalized spacial score (nSPS) is 11.1. The lowest BCUT2D eigenvalue weighted by molar-refractivity contribution is 0.102. The second-order valence-corrected chi connectivity index (χ2v) is 8.96. The van der Waals surface area contributed by atoms with Gasteiger partial charge >= 0.3 is 0 Å². The van der Waals surface area contributed by atoms with Crippen LogP contribution < -0.4 is 10.0 Å². The molecule has 3 aromatic rings. The Morgan fingerprint density at radius 3 is 2.18 bits per heavy atom. The summed E-state index contributed by atoms with van der Waals surface area (Å²) in [7, 11) is -3.75. The van der Waals surface area contributed by atoms with Crippen molar-refractivity contribution < 1.29 is 13.2 Å². The highest BCUT2D eigenvalue weighted by atomic mass is 79.9. The van der Waals surface area contributed by atoms with E-state index < -0.39 is 10.0 Å². The first-order valence-electron chi connectivity index (χ1n) is 8.52. The molecule has 5 nitrogen and oxygen atoms in total. The Kier molecular flexibility index (Phi) is 5.86.